The second-order valence-corrected chi connectivity index (χ2v) is 7.11. The summed E-state index contributed by atoms with van der Waals surface area (Å²) in [4.78, 5) is 19.4. The fourth-order valence-electron chi connectivity index (χ4n) is 3.10. The summed E-state index contributed by atoms with van der Waals surface area (Å²) in [5.41, 5.74) is 3.02. The molecule has 1 aromatic heterocycles. The number of hydrogen-bond donors (Lipinski definition) is 1. The van der Waals surface area contributed by atoms with E-state index in [9.17, 15) is 4.79 Å². The van der Waals surface area contributed by atoms with Crippen LogP contribution in [-0.4, -0.2) is 38.2 Å². The van der Waals surface area contributed by atoms with Crippen molar-refractivity contribution in [2.75, 3.05) is 37.5 Å². The molecule has 3 rings (SSSR count). The summed E-state index contributed by atoms with van der Waals surface area (Å²) in [7, 11) is 3.18. The molecule has 1 amide bonds. The number of nitrogens with one attached hydrogen (secondary N) is 1. The number of amides is 1. The van der Waals surface area contributed by atoms with Crippen LogP contribution in [0, 0.1) is 0 Å². The molecule has 0 saturated carbocycles. The van der Waals surface area contributed by atoms with Gasteiger partial charge in [-0.25, -0.2) is 4.98 Å². The van der Waals surface area contributed by atoms with Gasteiger partial charge in [-0.15, -0.1) is 11.3 Å². The monoisotopic (exact) mass is 411 g/mol. The van der Waals surface area contributed by atoms with Gasteiger partial charge in [-0.3, -0.25) is 4.79 Å². The van der Waals surface area contributed by atoms with Crippen molar-refractivity contribution in [3.63, 3.8) is 0 Å². The van der Waals surface area contributed by atoms with E-state index >= 15 is 0 Å². The van der Waals surface area contributed by atoms with Crippen LogP contribution in [0.5, 0.6) is 11.5 Å². The Morgan fingerprint density at radius 1 is 1.07 bits per heavy atom. The van der Waals surface area contributed by atoms with Gasteiger partial charge in [0.05, 0.1) is 19.8 Å². The molecule has 0 bridgehead atoms. The van der Waals surface area contributed by atoms with Crippen molar-refractivity contribution in [3.8, 4) is 22.1 Å². The zero-order valence-electron chi connectivity index (χ0n) is 17.1. The highest BCUT2D eigenvalue weighted by atomic mass is 32.1. The average molecular weight is 412 g/mol. The van der Waals surface area contributed by atoms with Gasteiger partial charge in [-0.05, 0) is 50.2 Å². The first-order chi connectivity index (χ1) is 14.1. The minimum absolute atomic E-state index is 0.245. The summed E-state index contributed by atoms with van der Waals surface area (Å²) >= 11 is 1.39. The van der Waals surface area contributed by atoms with Gasteiger partial charge < -0.3 is 19.7 Å². The van der Waals surface area contributed by atoms with E-state index in [1.165, 1.54) is 11.3 Å². The van der Waals surface area contributed by atoms with Crippen molar-refractivity contribution >= 4 is 28.6 Å². The third-order valence-corrected chi connectivity index (χ3v) is 5.50. The molecule has 1 N–H and O–H groups in total. The summed E-state index contributed by atoms with van der Waals surface area (Å²) in [5.74, 6) is 0.979. The Balaban J connectivity index is 1.77. The van der Waals surface area contributed by atoms with Gasteiger partial charge in [0, 0.05) is 29.8 Å². The molecular formula is C22H25N3O3S. The zero-order valence-corrected chi connectivity index (χ0v) is 17.9. The quantitative estimate of drug-likeness (QED) is 0.570. The van der Waals surface area contributed by atoms with Crippen molar-refractivity contribution in [2.45, 2.75) is 13.8 Å². The Bertz CT molecular complexity index is 966. The molecule has 0 saturated heterocycles. The smallest absolute Gasteiger partial charge is 0.275 e. The summed E-state index contributed by atoms with van der Waals surface area (Å²) in [5, 5.41) is 5.35. The number of anilines is 2. The van der Waals surface area contributed by atoms with Gasteiger partial charge in [0.2, 0.25) is 0 Å². The fraction of sp³-hybridized carbons (Fsp3) is 0.273. The number of carbonyl (C=O) groups excluding carboxylic acids is 1. The maximum atomic E-state index is 12.6. The van der Waals surface area contributed by atoms with Crippen LogP contribution in [0.1, 0.15) is 24.3 Å². The van der Waals surface area contributed by atoms with E-state index in [4.69, 9.17) is 9.47 Å². The number of aromatic nitrogens is 1. The number of nitrogens with zero attached hydrogens (tertiary/aromatic N) is 2. The highest BCUT2D eigenvalue weighted by Gasteiger charge is 2.17. The second kappa shape index (κ2) is 9.43. The molecular weight excluding hydrogens is 386 g/mol. The van der Waals surface area contributed by atoms with Crippen LogP contribution in [0.15, 0.2) is 47.8 Å². The fourth-order valence-corrected chi connectivity index (χ4v) is 3.92. The number of thiazole rings is 1. The number of methoxy groups -OCH3 is 2. The summed E-state index contributed by atoms with van der Waals surface area (Å²) in [6.07, 6.45) is 0. The number of rotatable bonds is 8. The molecule has 0 radical (unpaired) electrons. The molecule has 0 aliphatic carbocycles. The molecule has 1 heterocycles. The van der Waals surface area contributed by atoms with E-state index < -0.39 is 0 Å². The van der Waals surface area contributed by atoms with E-state index in [2.05, 4.69) is 29.0 Å². The summed E-state index contributed by atoms with van der Waals surface area (Å²) < 4.78 is 10.8. The highest BCUT2D eigenvalue weighted by molar-refractivity contribution is 7.13. The number of carbonyl (C=O) groups is 1. The third-order valence-electron chi connectivity index (χ3n) is 4.62. The molecule has 29 heavy (non-hydrogen) atoms. The highest BCUT2D eigenvalue weighted by Crippen LogP contribution is 2.39. The largest absolute Gasteiger partial charge is 0.493 e. The van der Waals surface area contributed by atoms with Gasteiger partial charge in [0.1, 0.15) is 10.7 Å². The second-order valence-electron chi connectivity index (χ2n) is 6.25. The standard InChI is InChI=1S/C22H25N3O3S/c1-5-25(6-2)16-12-10-15(11-13-16)23-21(26)18-14-29-22(24-18)17-8-7-9-19(27-3)20(17)28-4/h7-14H,5-6H2,1-4H3,(H,23,26). The number of ether oxygens (including phenoxy) is 2. The third kappa shape index (κ3) is 4.51. The molecule has 0 atom stereocenters. The van der Waals surface area contributed by atoms with Crippen LogP contribution in [0.3, 0.4) is 0 Å². The van der Waals surface area contributed by atoms with E-state index in [0.717, 1.165) is 30.0 Å². The Morgan fingerprint density at radius 2 is 1.79 bits per heavy atom. The first kappa shape index (κ1) is 20.7. The Labute approximate surface area is 175 Å². The van der Waals surface area contributed by atoms with Gasteiger partial charge >= 0.3 is 0 Å². The lowest BCUT2D eigenvalue weighted by Gasteiger charge is -2.21. The van der Waals surface area contributed by atoms with E-state index in [-0.39, 0.29) is 5.91 Å². The summed E-state index contributed by atoms with van der Waals surface area (Å²) in [6.45, 7) is 6.13. The van der Waals surface area contributed by atoms with Crippen LogP contribution >= 0.6 is 11.3 Å². The molecule has 7 heteroatoms. The minimum Gasteiger partial charge on any atom is -0.493 e. The molecule has 0 unspecified atom stereocenters. The maximum absolute atomic E-state index is 12.6. The van der Waals surface area contributed by atoms with Crippen LogP contribution in [-0.2, 0) is 0 Å². The molecule has 152 valence electrons. The van der Waals surface area contributed by atoms with Crippen LogP contribution in [0.4, 0.5) is 11.4 Å². The first-order valence-corrected chi connectivity index (χ1v) is 10.3. The van der Waals surface area contributed by atoms with Crippen LogP contribution in [0.25, 0.3) is 10.6 Å². The first-order valence-electron chi connectivity index (χ1n) is 9.44. The maximum Gasteiger partial charge on any atom is 0.275 e. The number of benzene rings is 2. The molecule has 3 aromatic rings. The predicted molar refractivity (Wildman–Crippen MR) is 119 cm³/mol. The molecule has 2 aromatic carbocycles. The molecule has 0 fully saturated rings. The molecule has 0 spiro atoms. The Hall–Kier alpha value is -3.06. The van der Waals surface area contributed by atoms with Crippen molar-refractivity contribution in [2.24, 2.45) is 0 Å². The van der Waals surface area contributed by atoms with Gasteiger partial charge in [0.25, 0.3) is 5.91 Å². The van der Waals surface area contributed by atoms with E-state index in [1.807, 2.05) is 42.5 Å². The van der Waals surface area contributed by atoms with Crippen molar-refractivity contribution in [3.05, 3.63) is 53.5 Å². The minimum atomic E-state index is -0.245. The van der Waals surface area contributed by atoms with Gasteiger partial charge in [0.15, 0.2) is 11.5 Å². The zero-order chi connectivity index (χ0) is 20.8. The van der Waals surface area contributed by atoms with Crippen molar-refractivity contribution in [1.82, 2.24) is 4.98 Å². The normalized spacial score (nSPS) is 10.5. The van der Waals surface area contributed by atoms with E-state index in [1.54, 1.807) is 19.6 Å². The molecule has 6 nitrogen and oxygen atoms in total. The van der Waals surface area contributed by atoms with Crippen LogP contribution < -0.4 is 19.7 Å². The lowest BCUT2D eigenvalue weighted by Crippen LogP contribution is -2.21. The average Bonchev–Trinajstić information content (AvgIpc) is 3.25. The number of para-hydroxylation sites is 1. The van der Waals surface area contributed by atoms with Gasteiger partial charge in [-0.1, -0.05) is 6.07 Å². The predicted octanol–water partition coefficient (Wildman–Crippen LogP) is 4.93. The summed E-state index contributed by atoms with van der Waals surface area (Å²) in [6, 6.07) is 13.4. The lowest BCUT2D eigenvalue weighted by atomic mass is 10.2. The SMILES string of the molecule is CCN(CC)c1ccc(NC(=O)c2csc(-c3cccc(OC)c3OC)n2)cc1. The lowest BCUT2D eigenvalue weighted by molar-refractivity contribution is 0.102. The molecule has 0 aliphatic heterocycles. The number of hydrogen-bond acceptors (Lipinski definition) is 6. The van der Waals surface area contributed by atoms with Crippen molar-refractivity contribution < 1.29 is 14.3 Å². The van der Waals surface area contributed by atoms with Crippen LogP contribution in [0.2, 0.25) is 0 Å². The Morgan fingerprint density at radius 3 is 2.41 bits per heavy atom. The van der Waals surface area contributed by atoms with E-state index in [0.29, 0.717) is 22.2 Å². The molecule has 0 aliphatic rings. The van der Waals surface area contributed by atoms with Crippen molar-refractivity contribution in [1.29, 1.82) is 0 Å². The Kier molecular flexibility index (Phi) is 6.72. The topological polar surface area (TPSA) is 63.7 Å². The van der Waals surface area contributed by atoms with Gasteiger partial charge in [-0.2, -0.15) is 0 Å².